The van der Waals surface area contributed by atoms with Gasteiger partial charge >= 0.3 is 0 Å². The molecule has 1 saturated heterocycles. The largest absolute Gasteiger partial charge is 0.403 e. The summed E-state index contributed by atoms with van der Waals surface area (Å²) < 4.78 is 0. The predicted octanol–water partition coefficient (Wildman–Crippen LogP) is 4.02. The Morgan fingerprint density at radius 1 is 1.12 bits per heavy atom. The lowest BCUT2D eigenvalue weighted by Crippen LogP contribution is -2.47. The Hall–Kier alpha value is -2.15. The van der Waals surface area contributed by atoms with Gasteiger partial charge < -0.3 is 15.5 Å². The van der Waals surface area contributed by atoms with Crippen molar-refractivity contribution in [2.45, 2.75) is 49.5 Å². The highest BCUT2D eigenvalue weighted by molar-refractivity contribution is 5.73. The topological polar surface area (TPSA) is 49.6 Å². The highest BCUT2D eigenvalue weighted by Gasteiger charge is 2.19. The number of terminal acetylenes is 1. The third-order valence-electron chi connectivity index (χ3n) is 3.47. The Bertz CT molecular complexity index is 496. The average molecular weight is 350 g/mol. The number of rotatable bonds is 2. The molecular weight excluding hydrogens is 310 g/mol. The molecule has 25 heavy (non-hydrogen) atoms. The summed E-state index contributed by atoms with van der Waals surface area (Å²) in [6.45, 7) is 16.5. The smallest absolute Gasteiger partial charge is 0.219 e. The number of amides is 1. The number of nitrogens with zero attached hydrogens (tertiary/aromatic N) is 2. The van der Waals surface area contributed by atoms with Crippen molar-refractivity contribution < 1.29 is 4.79 Å². The van der Waals surface area contributed by atoms with Gasteiger partial charge in [0.2, 0.25) is 5.91 Å². The van der Waals surface area contributed by atoms with Crippen molar-refractivity contribution >= 4 is 5.91 Å². The summed E-state index contributed by atoms with van der Waals surface area (Å²) >= 11 is 0. The molecule has 4 heteroatoms. The number of carbonyl (C=O) groups is 1. The van der Waals surface area contributed by atoms with E-state index in [0.717, 1.165) is 37.4 Å². The van der Waals surface area contributed by atoms with Gasteiger partial charge in [0.05, 0.1) is 5.70 Å². The van der Waals surface area contributed by atoms with Crippen LogP contribution in [0.4, 0.5) is 0 Å². The minimum atomic E-state index is 0. The summed E-state index contributed by atoms with van der Waals surface area (Å²) in [5, 5.41) is 0. The number of hydrogen-bond acceptors (Lipinski definition) is 3. The molecule has 0 aromatic carbocycles. The zero-order chi connectivity index (χ0) is 18.0. The Kier molecular flexibility index (Phi) is 14.6. The maximum atomic E-state index is 11.2. The quantitative estimate of drug-likeness (QED) is 0.465. The van der Waals surface area contributed by atoms with E-state index < -0.39 is 0 Å². The summed E-state index contributed by atoms with van der Waals surface area (Å²) in [7, 11) is 0. The lowest BCUT2D eigenvalue weighted by Gasteiger charge is -2.36. The first-order chi connectivity index (χ1) is 10.6. The van der Waals surface area contributed by atoms with Crippen LogP contribution < -0.4 is 5.73 Å². The summed E-state index contributed by atoms with van der Waals surface area (Å²) in [5.74, 6) is 2.69. The van der Waals surface area contributed by atoms with E-state index in [1.807, 2.05) is 24.0 Å². The summed E-state index contributed by atoms with van der Waals surface area (Å²) in [5.41, 5.74) is 7.67. The SMILES string of the molecule is C.C.C#C/C(C)=C/C(=C\N)N1CCN(C(C)=O)CC1.C=CC(C)(C)C. The van der Waals surface area contributed by atoms with E-state index in [1.165, 1.54) is 0 Å². The molecule has 0 aromatic rings. The fraction of sp³-hybridized carbons (Fsp3) is 0.571. The number of piperazine rings is 1. The minimum Gasteiger partial charge on any atom is -0.403 e. The highest BCUT2D eigenvalue weighted by Crippen LogP contribution is 2.12. The van der Waals surface area contributed by atoms with E-state index >= 15 is 0 Å². The van der Waals surface area contributed by atoms with Gasteiger partial charge in [0, 0.05) is 44.9 Å². The van der Waals surface area contributed by atoms with Crippen molar-refractivity contribution in [3.05, 3.63) is 36.2 Å². The van der Waals surface area contributed by atoms with Crippen LogP contribution in [0.25, 0.3) is 0 Å². The average Bonchev–Trinajstić information content (AvgIpc) is 2.52. The van der Waals surface area contributed by atoms with Crippen LogP contribution in [-0.2, 0) is 4.79 Å². The van der Waals surface area contributed by atoms with Crippen molar-refractivity contribution in [1.82, 2.24) is 9.80 Å². The van der Waals surface area contributed by atoms with Crippen molar-refractivity contribution in [3.8, 4) is 12.3 Å². The number of allylic oxidation sites excluding steroid dienone is 3. The maximum absolute atomic E-state index is 11.2. The Balaban J connectivity index is -0.000000525. The Labute approximate surface area is 156 Å². The molecule has 1 aliphatic rings. The monoisotopic (exact) mass is 349 g/mol. The normalized spacial score (nSPS) is 14.9. The third kappa shape index (κ3) is 11.9. The molecule has 0 bridgehead atoms. The second-order valence-corrected chi connectivity index (χ2v) is 6.63. The Morgan fingerprint density at radius 3 is 1.80 bits per heavy atom. The van der Waals surface area contributed by atoms with Gasteiger partial charge in [-0.15, -0.1) is 13.0 Å². The van der Waals surface area contributed by atoms with Gasteiger partial charge in [0.25, 0.3) is 0 Å². The fourth-order valence-electron chi connectivity index (χ4n) is 1.79. The van der Waals surface area contributed by atoms with Gasteiger partial charge in [0.1, 0.15) is 0 Å². The van der Waals surface area contributed by atoms with Gasteiger partial charge in [0.15, 0.2) is 0 Å². The molecule has 0 aromatic heterocycles. The lowest BCUT2D eigenvalue weighted by molar-refractivity contribution is -0.130. The first-order valence-corrected chi connectivity index (χ1v) is 7.85. The number of hydrogen-bond donors (Lipinski definition) is 1. The first-order valence-electron chi connectivity index (χ1n) is 7.85. The molecule has 2 N–H and O–H groups in total. The van der Waals surface area contributed by atoms with Gasteiger partial charge in [-0.3, -0.25) is 4.79 Å². The van der Waals surface area contributed by atoms with Gasteiger partial charge in [-0.25, -0.2) is 0 Å². The zero-order valence-corrected chi connectivity index (χ0v) is 15.2. The van der Waals surface area contributed by atoms with E-state index in [-0.39, 0.29) is 20.8 Å². The molecule has 1 amide bonds. The summed E-state index contributed by atoms with van der Waals surface area (Å²) in [6.07, 6.45) is 10.7. The molecule has 0 unspecified atom stereocenters. The van der Waals surface area contributed by atoms with Crippen molar-refractivity contribution in [1.29, 1.82) is 0 Å². The van der Waals surface area contributed by atoms with E-state index in [0.29, 0.717) is 5.41 Å². The molecular formula is C21H39N3O. The van der Waals surface area contributed by atoms with Crippen LogP contribution in [0, 0.1) is 17.8 Å². The maximum Gasteiger partial charge on any atom is 0.219 e. The predicted molar refractivity (Wildman–Crippen MR) is 112 cm³/mol. The fourth-order valence-corrected chi connectivity index (χ4v) is 1.79. The molecule has 0 radical (unpaired) electrons. The second kappa shape index (κ2) is 13.2. The van der Waals surface area contributed by atoms with E-state index in [1.54, 1.807) is 13.1 Å². The Morgan fingerprint density at radius 2 is 1.52 bits per heavy atom. The highest BCUT2D eigenvalue weighted by atomic mass is 16.2. The standard InChI is InChI=1S/C13H19N3O.C6H12.2CH4/c1-4-11(2)9-13(10-14)16-7-5-15(6-8-16)12(3)17;1-5-6(2,3)4;;/h1,9-10H,5-8,14H2,2-3H3;5H,1H2,2-4H3;2*1H4/b11-9+,13-10+;;;. The van der Waals surface area contributed by atoms with Crippen LogP contribution in [0.1, 0.15) is 49.5 Å². The third-order valence-corrected chi connectivity index (χ3v) is 3.47. The molecule has 4 nitrogen and oxygen atoms in total. The van der Waals surface area contributed by atoms with Crippen LogP contribution in [0.15, 0.2) is 36.2 Å². The van der Waals surface area contributed by atoms with E-state index in [9.17, 15) is 4.79 Å². The van der Waals surface area contributed by atoms with E-state index in [2.05, 4.69) is 38.2 Å². The molecule has 1 heterocycles. The molecule has 1 fully saturated rings. The molecule has 1 rings (SSSR count). The summed E-state index contributed by atoms with van der Waals surface area (Å²) in [4.78, 5) is 15.2. The van der Waals surface area contributed by atoms with E-state index in [4.69, 9.17) is 12.2 Å². The minimum absolute atomic E-state index is 0. The number of nitrogens with two attached hydrogens (primary N) is 1. The van der Waals surface area contributed by atoms with Crippen LogP contribution in [-0.4, -0.2) is 41.9 Å². The second-order valence-electron chi connectivity index (χ2n) is 6.63. The molecule has 0 atom stereocenters. The first kappa shape index (κ1) is 27.7. The molecule has 144 valence electrons. The van der Waals surface area contributed by atoms with Gasteiger partial charge in [-0.1, -0.05) is 47.6 Å². The van der Waals surface area contributed by atoms with Crippen LogP contribution >= 0.6 is 0 Å². The zero-order valence-electron chi connectivity index (χ0n) is 15.2. The number of carbonyl (C=O) groups excluding carboxylic acids is 1. The van der Waals surface area contributed by atoms with Crippen molar-refractivity contribution in [3.63, 3.8) is 0 Å². The van der Waals surface area contributed by atoms with Crippen LogP contribution in [0.3, 0.4) is 0 Å². The lowest BCUT2D eigenvalue weighted by atomic mass is 9.98. The van der Waals surface area contributed by atoms with Crippen LogP contribution in [0.5, 0.6) is 0 Å². The van der Waals surface area contributed by atoms with Crippen LogP contribution in [0.2, 0.25) is 0 Å². The summed E-state index contributed by atoms with van der Waals surface area (Å²) in [6, 6.07) is 0. The van der Waals surface area contributed by atoms with Crippen molar-refractivity contribution in [2.24, 2.45) is 11.1 Å². The molecule has 0 saturated carbocycles. The molecule has 0 aliphatic carbocycles. The van der Waals surface area contributed by atoms with Crippen molar-refractivity contribution in [2.75, 3.05) is 26.2 Å². The molecule has 1 aliphatic heterocycles. The van der Waals surface area contributed by atoms with Gasteiger partial charge in [-0.05, 0) is 18.4 Å². The molecule has 0 spiro atoms. The van der Waals surface area contributed by atoms with Gasteiger partial charge in [-0.2, -0.15) is 0 Å².